The summed E-state index contributed by atoms with van der Waals surface area (Å²) in [5, 5.41) is 13.0. The Morgan fingerprint density at radius 3 is 2.63 bits per heavy atom. The van der Waals surface area contributed by atoms with Gasteiger partial charge in [-0.1, -0.05) is 5.16 Å². The Morgan fingerprint density at radius 1 is 1.37 bits per heavy atom. The number of aromatic hydroxyl groups is 1. The van der Waals surface area contributed by atoms with Crippen molar-refractivity contribution in [2.24, 2.45) is 0 Å². The topological polar surface area (TPSA) is 92.4 Å². The summed E-state index contributed by atoms with van der Waals surface area (Å²) in [5.41, 5.74) is -0.0686. The standard InChI is InChI=1S/C11H11FN2O4S/c1-6-11(7(2)18-13-6)19(16,17)14-9-5-8(12)3-4-10(9)15/h3-5,14-15H,1-2H3. The van der Waals surface area contributed by atoms with Crippen molar-refractivity contribution in [1.29, 1.82) is 0 Å². The lowest BCUT2D eigenvalue weighted by Gasteiger charge is -2.09. The third-order valence-electron chi connectivity index (χ3n) is 2.44. The summed E-state index contributed by atoms with van der Waals surface area (Å²) in [5.74, 6) is -0.938. The maximum Gasteiger partial charge on any atom is 0.267 e. The molecule has 2 N–H and O–H groups in total. The van der Waals surface area contributed by atoms with Crippen LogP contribution in [0.2, 0.25) is 0 Å². The molecule has 2 aromatic rings. The van der Waals surface area contributed by atoms with E-state index in [1.54, 1.807) is 0 Å². The highest BCUT2D eigenvalue weighted by atomic mass is 32.2. The second-order valence-corrected chi connectivity index (χ2v) is 5.54. The number of nitrogens with one attached hydrogen (secondary N) is 1. The summed E-state index contributed by atoms with van der Waals surface area (Å²) < 4.78 is 44.2. The second-order valence-electron chi connectivity index (χ2n) is 3.92. The third kappa shape index (κ3) is 2.53. The van der Waals surface area contributed by atoms with E-state index in [0.717, 1.165) is 18.2 Å². The van der Waals surface area contributed by atoms with Crippen molar-refractivity contribution in [3.63, 3.8) is 0 Å². The second kappa shape index (κ2) is 4.54. The van der Waals surface area contributed by atoms with Gasteiger partial charge in [-0.15, -0.1) is 0 Å². The monoisotopic (exact) mass is 286 g/mol. The molecule has 0 saturated heterocycles. The predicted molar refractivity (Wildman–Crippen MR) is 64.9 cm³/mol. The minimum atomic E-state index is -4.00. The first-order valence-corrected chi connectivity index (χ1v) is 6.74. The van der Waals surface area contributed by atoms with Gasteiger partial charge < -0.3 is 9.63 Å². The lowest BCUT2D eigenvalue weighted by atomic mass is 10.3. The zero-order valence-electron chi connectivity index (χ0n) is 10.1. The molecule has 1 aromatic carbocycles. The minimum Gasteiger partial charge on any atom is -0.506 e. The maximum absolute atomic E-state index is 13.0. The van der Waals surface area contributed by atoms with Crippen molar-refractivity contribution in [2.45, 2.75) is 18.7 Å². The lowest BCUT2D eigenvalue weighted by molar-refractivity contribution is 0.390. The smallest absolute Gasteiger partial charge is 0.267 e. The van der Waals surface area contributed by atoms with Crippen molar-refractivity contribution in [2.75, 3.05) is 4.72 Å². The quantitative estimate of drug-likeness (QED) is 0.841. The van der Waals surface area contributed by atoms with Crippen LogP contribution in [-0.2, 0) is 10.0 Å². The first-order valence-electron chi connectivity index (χ1n) is 5.25. The number of rotatable bonds is 3. The number of aryl methyl sites for hydroxylation is 2. The van der Waals surface area contributed by atoms with Gasteiger partial charge in [0.2, 0.25) is 0 Å². The Labute approximate surface area is 108 Å². The van der Waals surface area contributed by atoms with Crippen molar-refractivity contribution in [3.8, 4) is 5.75 Å². The molecule has 0 unspecified atom stereocenters. The highest BCUT2D eigenvalue weighted by molar-refractivity contribution is 7.92. The van der Waals surface area contributed by atoms with E-state index in [-0.39, 0.29) is 27.8 Å². The normalized spacial score (nSPS) is 11.5. The average molecular weight is 286 g/mol. The number of sulfonamides is 1. The fraction of sp³-hybridized carbons (Fsp3) is 0.182. The summed E-state index contributed by atoms with van der Waals surface area (Å²) in [6, 6.07) is 2.95. The minimum absolute atomic E-state index is 0.112. The van der Waals surface area contributed by atoms with Crippen LogP contribution in [0.15, 0.2) is 27.6 Å². The number of benzene rings is 1. The van der Waals surface area contributed by atoms with Crippen LogP contribution in [0.3, 0.4) is 0 Å². The number of nitrogens with zero attached hydrogens (tertiary/aromatic N) is 1. The fourth-order valence-corrected chi connectivity index (χ4v) is 3.04. The van der Waals surface area contributed by atoms with E-state index < -0.39 is 15.8 Å². The maximum atomic E-state index is 13.0. The zero-order chi connectivity index (χ0) is 14.2. The molecule has 0 atom stereocenters. The molecule has 0 aliphatic rings. The SMILES string of the molecule is Cc1noc(C)c1S(=O)(=O)Nc1cc(F)ccc1O. The average Bonchev–Trinajstić information content (AvgIpc) is 2.64. The molecule has 0 fully saturated rings. The number of phenols is 1. The molecule has 0 amide bonds. The van der Waals surface area contributed by atoms with Gasteiger partial charge in [0, 0.05) is 6.07 Å². The van der Waals surface area contributed by atoms with Gasteiger partial charge in [-0.05, 0) is 26.0 Å². The van der Waals surface area contributed by atoms with Gasteiger partial charge in [0.15, 0.2) is 10.7 Å². The lowest BCUT2D eigenvalue weighted by Crippen LogP contribution is -2.14. The summed E-state index contributed by atoms with van der Waals surface area (Å²) in [6.45, 7) is 2.91. The molecule has 0 aliphatic heterocycles. The number of anilines is 1. The van der Waals surface area contributed by atoms with Gasteiger partial charge in [0.05, 0.1) is 5.69 Å². The predicted octanol–water partition coefficient (Wildman–Crippen LogP) is 1.94. The summed E-state index contributed by atoms with van der Waals surface area (Å²) in [7, 11) is -4.00. The van der Waals surface area contributed by atoms with Crippen LogP contribution >= 0.6 is 0 Å². The molecule has 0 saturated carbocycles. The molecule has 0 aliphatic carbocycles. The molecule has 1 heterocycles. The zero-order valence-corrected chi connectivity index (χ0v) is 11.0. The van der Waals surface area contributed by atoms with Crippen LogP contribution < -0.4 is 4.72 Å². The van der Waals surface area contributed by atoms with Crippen molar-refractivity contribution >= 4 is 15.7 Å². The molecule has 0 bridgehead atoms. The molecule has 1 aromatic heterocycles. The fourth-order valence-electron chi connectivity index (χ4n) is 1.64. The molecule has 102 valence electrons. The summed E-state index contributed by atoms with van der Waals surface area (Å²) >= 11 is 0. The van der Waals surface area contributed by atoms with Gasteiger partial charge in [-0.25, -0.2) is 12.8 Å². The van der Waals surface area contributed by atoms with E-state index in [0.29, 0.717) is 0 Å². The molecule has 0 radical (unpaired) electrons. The van der Waals surface area contributed by atoms with Gasteiger partial charge in [-0.2, -0.15) is 0 Å². The van der Waals surface area contributed by atoms with Gasteiger partial charge >= 0.3 is 0 Å². The van der Waals surface area contributed by atoms with E-state index >= 15 is 0 Å². The summed E-state index contributed by atoms with van der Waals surface area (Å²) in [4.78, 5) is -0.129. The first kappa shape index (κ1) is 13.3. The van der Waals surface area contributed by atoms with Crippen LogP contribution in [-0.4, -0.2) is 18.7 Å². The van der Waals surface area contributed by atoms with Crippen LogP contribution in [0.4, 0.5) is 10.1 Å². The van der Waals surface area contributed by atoms with E-state index in [4.69, 9.17) is 4.52 Å². The van der Waals surface area contributed by atoms with Crippen molar-refractivity contribution in [1.82, 2.24) is 5.16 Å². The Balaban J connectivity index is 2.45. The number of halogens is 1. The molecule has 0 spiro atoms. The van der Waals surface area contributed by atoms with Gasteiger partial charge in [-0.3, -0.25) is 4.72 Å². The summed E-state index contributed by atoms with van der Waals surface area (Å²) in [6.07, 6.45) is 0. The van der Waals surface area contributed by atoms with E-state index in [2.05, 4.69) is 9.88 Å². The molecule has 8 heteroatoms. The highest BCUT2D eigenvalue weighted by Gasteiger charge is 2.25. The van der Waals surface area contributed by atoms with Crippen LogP contribution in [0.1, 0.15) is 11.5 Å². The first-order chi connectivity index (χ1) is 8.81. The van der Waals surface area contributed by atoms with Crippen molar-refractivity contribution in [3.05, 3.63) is 35.5 Å². The Morgan fingerprint density at radius 2 is 2.05 bits per heavy atom. The molecular formula is C11H11FN2O4S. The Bertz CT molecular complexity index is 705. The number of hydrogen-bond acceptors (Lipinski definition) is 5. The van der Waals surface area contributed by atoms with Crippen LogP contribution in [0.5, 0.6) is 5.75 Å². The van der Waals surface area contributed by atoms with Gasteiger partial charge in [0.25, 0.3) is 10.0 Å². The molecule has 2 rings (SSSR count). The van der Waals surface area contributed by atoms with E-state index in [1.165, 1.54) is 13.8 Å². The third-order valence-corrected chi connectivity index (χ3v) is 4.05. The van der Waals surface area contributed by atoms with Gasteiger partial charge in [0.1, 0.15) is 17.3 Å². The van der Waals surface area contributed by atoms with Crippen LogP contribution in [0.25, 0.3) is 0 Å². The number of aromatic nitrogens is 1. The molecular weight excluding hydrogens is 275 g/mol. The van der Waals surface area contributed by atoms with Crippen molar-refractivity contribution < 1.29 is 22.4 Å². The van der Waals surface area contributed by atoms with Crippen LogP contribution in [0, 0.1) is 19.7 Å². The number of hydrogen-bond donors (Lipinski definition) is 2. The largest absolute Gasteiger partial charge is 0.506 e. The highest BCUT2D eigenvalue weighted by Crippen LogP contribution is 2.28. The Kier molecular flexibility index (Phi) is 3.19. The Hall–Kier alpha value is -2.09. The van der Waals surface area contributed by atoms with E-state index in [9.17, 15) is 17.9 Å². The molecule has 6 nitrogen and oxygen atoms in total. The molecule has 19 heavy (non-hydrogen) atoms. The number of phenolic OH excluding ortho intramolecular Hbond substituents is 1. The van der Waals surface area contributed by atoms with E-state index in [1.807, 2.05) is 0 Å².